The standard InChI is InChI=1S/C21H13F2N3O2/c22-17-7-15(8-18(23)9-17)20-19(26-21(27)28-20)16-6-14(11-25-12-16)4-3-13-2-1-5-24-10-13/h1-2,5-12,19-20H,(H,26,27)/t19-,20-/m1/s1. The Kier molecular flexibility index (Phi) is 4.68. The molecule has 1 N–H and O–H groups in total. The number of nitrogens with zero attached hydrogens (tertiary/aromatic N) is 2. The van der Waals surface area contributed by atoms with E-state index in [0.29, 0.717) is 11.1 Å². The fraction of sp³-hybridized carbons (Fsp3) is 0.0952. The van der Waals surface area contributed by atoms with Gasteiger partial charge < -0.3 is 10.1 Å². The molecule has 3 heterocycles. The average Bonchev–Trinajstić information content (AvgIpc) is 3.09. The Balaban J connectivity index is 1.66. The molecule has 1 amide bonds. The van der Waals surface area contributed by atoms with E-state index in [1.54, 1.807) is 36.9 Å². The number of pyridine rings is 2. The predicted molar refractivity (Wildman–Crippen MR) is 95.9 cm³/mol. The molecule has 0 saturated carbocycles. The van der Waals surface area contributed by atoms with Crippen LogP contribution in [0.2, 0.25) is 0 Å². The molecular weight excluding hydrogens is 364 g/mol. The number of rotatable bonds is 2. The second-order valence-electron chi connectivity index (χ2n) is 6.15. The fourth-order valence-electron chi connectivity index (χ4n) is 2.96. The maximum absolute atomic E-state index is 13.6. The van der Waals surface area contributed by atoms with Gasteiger partial charge >= 0.3 is 6.09 Å². The number of cyclic esters (lactones) is 1. The van der Waals surface area contributed by atoms with Crippen molar-refractivity contribution in [2.24, 2.45) is 0 Å². The third kappa shape index (κ3) is 3.81. The largest absolute Gasteiger partial charge is 0.439 e. The predicted octanol–water partition coefficient (Wildman–Crippen LogP) is 3.68. The average molecular weight is 377 g/mol. The summed E-state index contributed by atoms with van der Waals surface area (Å²) >= 11 is 0. The molecule has 0 aliphatic carbocycles. The van der Waals surface area contributed by atoms with Crippen molar-refractivity contribution < 1.29 is 18.3 Å². The quantitative estimate of drug-likeness (QED) is 0.692. The molecule has 3 aromatic rings. The number of nitrogens with one attached hydrogen (secondary N) is 1. The molecule has 2 atom stereocenters. The zero-order valence-electron chi connectivity index (χ0n) is 14.4. The lowest BCUT2D eigenvalue weighted by molar-refractivity contribution is 0.132. The normalized spacial score (nSPS) is 18.0. The van der Waals surface area contributed by atoms with Crippen LogP contribution in [0, 0.1) is 23.5 Å². The third-order valence-electron chi connectivity index (χ3n) is 4.15. The molecular formula is C21H13F2N3O2. The van der Waals surface area contributed by atoms with Crippen molar-refractivity contribution in [3.63, 3.8) is 0 Å². The van der Waals surface area contributed by atoms with Gasteiger partial charge in [-0.25, -0.2) is 13.6 Å². The van der Waals surface area contributed by atoms with Crippen LogP contribution >= 0.6 is 0 Å². The van der Waals surface area contributed by atoms with Crippen LogP contribution in [0.15, 0.2) is 61.2 Å². The maximum Gasteiger partial charge on any atom is 0.408 e. The minimum atomic E-state index is -0.888. The summed E-state index contributed by atoms with van der Waals surface area (Å²) in [6, 6.07) is 7.75. The van der Waals surface area contributed by atoms with Gasteiger partial charge in [-0.3, -0.25) is 9.97 Å². The van der Waals surface area contributed by atoms with Crippen molar-refractivity contribution >= 4 is 6.09 Å². The van der Waals surface area contributed by atoms with Gasteiger partial charge in [0.25, 0.3) is 0 Å². The van der Waals surface area contributed by atoms with E-state index in [1.165, 1.54) is 0 Å². The Labute approximate surface area is 159 Å². The highest BCUT2D eigenvalue weighted by Crippen LogP contribution is 2.37. The smallest absolute Gasteiger partial charge is 0.408 e. The molecule has 2 aromatic heterocycles. The Morgan fingerprint density at radius 3 is 2.43 bits per heavy atom. The SMILES string of the molecule is O=C1N[C@H](c2cncc(C#Cc3cccnc3)c2)[C@@H](c2cc(F)cc(F)c2)O1. The van der Waals surface area contributed by atoms with Crippen molar-refractivity contribution in [2.75, 3.05) is 0 Å². The van der Waals surface area contributed by atoms with Crippen LogP contribution in [-0.2, 0) is 4.74 Å². The van der Waals surface area contributed by atoms with E-state index in [4.69, 9.17) is 4.74 Å². The third-order valence-corrected chi connectivity index (χ3v) is 4.15. The second-order valence-corrected chi connectivity index (χ2v) is 6.15. The van der Waals surface area contributed by atoms with Crippen molar-refractivity contribution in [3.8, 4) is 11.8 Å². The fourth-order valence-corrected chi connectivity index (χ4v) is 2.96. The maximum atomic E-state index is 13.6. The number of alkyl carbamates (subject to hydrolysis) is 1. The van der Waals surface area contributed by atoms with Crippen molar-refractivity contribution in [1.29, 1.82) is 0 Å². The molecule has 0 spiro atoms. The van der Waals surface area contributed by atoms with E-state index in [0.717, 1.165) is 23.8 Å². The van der Waals surface area contributed by atoms with E-state index in [1.807, 2.05) is 6.07 Å². The molecule has 0 bridgehead atoms. The van der Waals surface area contributed by atoms with E-state index in [9.17, 15) is 13.6 Å². The van der Waals surface area contributed by atoms with Crippen LogP contribution < -0.4 is 5.32 Å². The Morgan fingerprint density at radius 2 is 1.68 bits per heavy atom. The van der Waals surface area contributed by atoms with Gasteiger partial charge in [-0.05, 0) is 35.9 Å². The number of halogens is 2. The Hall–Kier alpha value is -3.79. The van der Waals surface area contributed by atoms with Crippen molar-refractivity contribution in [1.82, 2.24) is 15.3 Å². The van der Waals surface area contributed by atoms with E-state index >= 15 is 0 Å². The number of carbonyl (C=O) groups excluding carboxylic acids is 1. The first-order valence-corrected chi connectivity index (χ1v) is 8.38. The minimum Gasteiger partial charge on any atom is -0.439 e. The first-order chi connectivity index (χ1) is 13.6. The molecule has 7 heteroatoms. The van der Waals surface area contributed by atoms with Crippen molar-refractivity contribution in [3.05, 3.63) is 95.1 Å². The van der Waals surface area contributed by atoms with Gasteiger partial charge in [0, 0.05) is 47.5 Å². The first kappa shape index (κ1) is 17.6. The lowest BCUT2D eigenvalue weighted by atomic mass is 9.96. The van der Waals surface area contributed by atoms with Crippen LogP contribution in [0.5, 0.6) is 0 Å². The minimum absolute atomic E-state index is 0.215. The number of carbonyl (C=O) groups is 1. The second kappa shape index (κ2) is 7.45. The topological polar surface area (TPSA) is 64.1 Å². The van der Waals surface area contributed by atoms with Gasteiger partial charge in [-0.15, -0.1) is 0 Å². The summed E-state index contributed by atoms with van der Waals surface area (Å²) in [5, 5.41) is 2.65. The molecule has 4 rings (SSSR count). The van der Waals surface area contributed by atoms with Crippen LogP contribution in [0.3, 0.4) is 0 Å². The van der Waals surface area contributed by atoms with Gasteiger partial charge in [0.15, 0.2) is 6.10 Å². The van der Waals surface area contributed by atoms with E-state index < -0.39 is 29.9 Å². The number of ether oxygens (including phenoxy) is 1. The monoisotopic (exact) mass is 377 g/mol. The molecule has 1 saturated heterocycles. The number of amides is 1. The summed E-state index contributed by atoms with van der Waals surface area (Å²) in [5.41, 5.74) is 2.19. The summed E-state index contributed by atoms with van der Waals surface area (Å²) in [5.74, 6) is 4.47. The van der Waals surface area contributed by atoms with Gasteiger partial charge in [0.05, 0.1) is 0 Å². The highest BCUT2D eigenvalue weighted by atomic mass is 19.1. The van der Waals surface area contributed by atoms with Gasteiger partial charge in [0.2, 0.25) is 0 Å². The van der Waals surface area contributed by atoms with Crippen LogP contribution in [-0.4, -0.2) is 16.1 Å². The lowest BCUT2D eigenvalue weighted by Gasteiger charge is -2.17. The number of benzene rings is 1. The summed E-state index contributed by atoms with van der Waals surface area (Å²) in [6.45, 7) is 0. The highest BCUT2D eigenvalue weighted by molar-refractivity contribution is 5.71. The first-order valence-electron chi connectivity index (χ1n) is 8.38. The molecule has 138 valence electrons. The summed E-state index contributed by atoms with van der Waals surface area (Å²) in [7, 11) is 0. The van der Waals surface area contributed by atoms with Crippen LogP contribution in [0.25, 0.3) is 0 Å². The number of aromatic nitrogens is 2. The van der Waals surface area contributed by atoms with E-state index in [2.05, 4.69) is 27.1 Å². The molecule has 1 aliphatic rings. The molecule has 0 radical (unpaired) electrons. The van der Waals surface area contributed by atoms with Crippen LogP contribution in [0.4, 0.5) is 13.6 Å². The molecule has 28 heavy (non-hydrogen) atoms. The van der Waals surface area contributed by atoms with Crippen molar-refractivity contribution in [2.45, 2.75) is 12.1 Å². The molecule has 1 aromatic carbocycles. The lowest BCUT2D eigenvalue weighted by Crippen LogP contribution is -2.20. The molecule has 1 aliphatic heterocycles. The van der Waals surface area contributed by atoms with E-state index in [-0.39, 0.29) is 5.56 Å². The van der Waals surface area contributed by atoms with Crippen LogP contribution in [0.1, 0.15) is 34.4 Å². The number of hydrogen-bond acceptors (Lipinski definition) is 4. The highest BCUT2D eigenvalue weighted by Gasteiger charge is 2.37. The zero-order valence-corrected chi connectivity index (χ0v) is 14.4. The van der Waals surface area contributed by atoms with Gasteiger partial charge in [0.1, 0.15) is 17.7 Å². The van der Waals surface area contributed by atoms with Gasteiger partial charge in [-0.2, -0.15) is 0 Å². The number of hydrogen-bond donors (Lipinski definition) is 1. The van der Waals surface area contributed by atoms with Gasteiger partial charge in [-0.1, -0.05) is 11.8 Å². The Bertz CT molecular complexity index is 1070. The summed E-state index contributed by atoms with van der Waals surface area (Å²) in [4.78, 5) is 20.0. The summed E-state index contributed by atoms with van der Waals surface area (Å²) < 4.78 is 32.4. The molecule has 0 unspecified atom stereocenters. The zero-order chi connectivity index (χ0) is 19.5. The molecule has 5 nitrogen and oxygen atoms in total. The summed E-state index contributed by atoms with van der Waals surface area (Å²) in [6.07, 6.45) is 4.88. The Morgan fingerprint density at radius 1 is 0.929 bits per heavy atom. The molecule has 1 fully saturated rings.